The summed E-state index contributed by atoms with van der Waals surface area (Å²) in [6, 6.07) is 14.4. The number of nitrogens with zero attached hydrogens (tertiary/aromatic N) is 2. The predicted octanol–water partition coefficient (Wildman–Crippen LogP) is 3.17. The third-order valence-electron chi connectivity index (χ3n) is 3.39. The molecule has 0 radical (unpaired) electrons. The highest BCUT2D eigenvalue weighted by atomic mass is 15.2. The molecular formula is C15H12N4. The van der Waals surface area contributed by atoms with E-state index in [9.17, 15) is 0 Å². The molecule has 2 N–H and O–H groups in total. The second kappa shape index (κ2) is 3.95. The van der Waals surface area contributed by atoms with Crippen LogP contribution in [0.2, 0.25) is 0 Å². The van der Waals surface area contributed by atoms with Crippen LogP contribution < -0.4 is 10.6 Å². The molecule has 4 rings (SSSR count). The van der Waals surface area contributed by atoms with Crippen LogP contribution >= 0.6 is 0 Å². The lowest BCUT2D eigenvalue weighted by atomic mass is 10.1. The molecule has 1 aliphatic rings. The van der Waals surface area contributed by atoms with Crippen molar-refractivity contribution in [1.29, 1.82) is 0 Å². The van der Waals surface area contributed by atoms with Crippen LogP contribution in [0.4, 0.5) is 11.4 Å². The van der Waals surface area contributed by atoms with E-state index in [1.165, 1.54) is 5.56 Å². The van der Waals surface area contributed by atoms with Gasteiger partial charge in [0, 0.05) is 11.6 Å². The fourth-order valence-corrected chi connectivity index (χ4v) is 2.43. The number of aromatic nitrogens is 2. The van der Waals surface area contributed by atoms with Crippen molar-refractivity contribution in [3.8, 4) is 0 Å². The second-order valence-electron chi connectivity index (χ2n) is 4.61. The van der Waals surface area contributed by atoms with Gasteiger partial charge in [-0.15, -0.1) is 0 Å². The van der Waals surface area contributed by atoms with Crippen molar-refractivity contribution in [3.05, 3.63) is 60.6 Å². The van der Waals surface area contributed by atoms with Crippen molar-refractivity contribution in [2.75, 3.05) is 10.6 Å². The maximum absolute atomic E-state index is 4.24. The summed E-state index contributed by atoms with van der Waals surface area (Å²) in [5, 5.41) is 7.98. The standard InChI is InChI=1S/C15H12N4/c1-2-4-14-13(3-1)18-15(19-14)10-5-6-12-11(7-10)8-16-9-17-12/h1-9,15,18-19H. The molecule has 1 aromatic heterocycles. The summed E-state index contributed by atoms with van der Waals surface area (Å²) < 4.78 is 0. The van der Waals surface area contributed by atoms with Gasteiger partial charge < -0.3 is 10.6 Å². The average Bonchev–Trinajstić information content (AvgIpc) is 2.90. The number of hydrogen-bond acceptors (Lipinski definition) is 4. The van der Waals surface area contributed by atoms with Crippen molar-refractivity contribution in [1.82, 2.24) is 9.97 Å². The van der Waals surface area contributed by atoms with Gasteiger partial charge in [-0.1, -0.05) is 18.2 Å². The minimum atomic E-state index is 0.0991. The molecule has 0 unspecified atom stereocenters. The van der Waals surface area contributed by atoms with Gasteiger partial charge in [0.25, 0.3) is 0 Å². The van der Waals surface area contributed by atoms with E-state index in [4.69, 9.17) is 0 Å². The van der Waals surface area contributed by atoms with Crippen molar-refractivity contribution in [3.63, 3.8) is 0 Å². The highest BCUT2D eigenvalue weighted by Gasteiger charge is 2.20. The molecule has 0 saturated heterocycles. The summed E-state index contributed by atoms with van der Waals surface area (Å²) in [5.41, 5.74) is 4.42. The first-order valence-corrected chi connectivity index (χ1v) is 6.22. The lowest BCUT2D eigenvalue weighted by molar-refractivity contribution is 0.943. The largest absolute Gasteiger partial charge is 0.360 e. The van der Waals surface area contributed by atoms with Crippen molar-refractivity contribution < 1.29 is 0 Å². The Labute approximate surface area is 110 Å². The maximum atomic E-state index is 4.24. The third kappa shape index (κ3) is 1.69. The highest BCUT2D eigenvalue weighted by molar-refractivity contribution is 5.80. The zero-order valence-electron chi connectivity index (χ0n) is 10.2. The molecule has 4 nitrogen and oxygen atoms in total. The van der Waals surface area contributed by atoms with Crippen LogP contribution in [0.1, 0.15) is 11.7 Å². The lowest BCUT2D eigenvalue weighted by Gasteiger charge is -2.13. The number of rotatable bonds is 1. The van der Waals surface area contributed by atoms with Crippen molar-refractivity contribution in [2.24, 2.45) is 0 Å². The molecule has 0 aliphatic carbocycles. The molecule has 0 amide bonds. The van der Waals surface area contributed by atoms with E-state index in [0.29, 0.717) is 0 Å². The van der Waals surface area contributed by atoms with E-state index in [1.807, 2.05) is 24.4 Å². The van der Waals surface area contributed by atoms with Gasteiger partial charge in [-0.3, -0.25) is 0 Å². The quantitative estimate of drug-likeness (QED) is 0.694. The van der Waals surface area contributed by atoms with Gasteiger partial charge in [0.15, 0.2) is 0 Å². The van der Waals surface area contributed by atoms with Crippen LogP contribution in [-0.4, -0.2) is 9.97 Å². The van der Waals surface area contributed by atoms with Gasteiger partial charge in [0.1, 0.15) is 12.5 Å². The van der Waals surface area contributed by atoms with E-state index in [2.05, 4.69) is 44.9 Å². The van der Waals surface area contributed by atoms with Crippen LogP contribution in [0.15, 0.2) is 55.0 Å². The Morgan fingerprint density at radius 2 is 1.74 bits per heavy atom. The maximum Gasteiger partial charge on any atom is 0.123 e. The molecule has 0 spiro atoms. The lowest BCUT2D eigenvalue weighted by Crippen LogP contribution is -2.11. The summed E-state index contributed by atoms with van der Waals surface area (Å²) in [6.07, 6.45) is 3.51. The molecule has 19 heavy (non-hydrogen) atoms. The molecule has 0 bridgehead atoms. The summed E-state index contributed by atoms with van der Waals surface area (Å²) in [5.74, 6) is 0. The number of anilines is 2. The minimum Gasteiger partial charge on any atom is -0.360 e. The van der Waals surface area contributed by atoms with Gasteiger partial charge in [-0.2, -0.15) is 0 Å². The van der Waals surface area contributed by atoms with E-state index in [-0.39, 0.29) is 6.17 Å². The first-order valence-electron chi connectivity index (χ1n) is 6.22. The average molecular weight is 248 g/mol. The Morgan fingerprint density at radius 3 is 2.53 bits per heavy atom. The van der Waals surface area contributed by atoms with Crippen LogP contribution in [0.25, 0.3) is 10.9 Å². The van der Waals surface area contributed by atoms with Crippen molar-refractivity contribution in [2.45, 2.75) is 6.17 Å². The van der Waals surface area contributed by atoms with Gasteiger partial charge >= 0.3 is 0 Å². The molecule has 4 heteroatoms. The van der Waals surface area contributed by atoms with Gasteiger partial charge in [-0.25, -0.2) is 9.97 Å². The third-order valence-corrected chi connectivity index (χ3v) is 3.39. The minimum absolute atomic E-state index is 0.0991. The Hall–Kier alpha value is -2.62. The normalized spacial score (nSPS) is 13.9. The van der Waals surface area contributed by atoms with Crippen LogP contribution in [0.3, 0.4) is 0 Å². The molecule has 3 aromatic rings. The number of nitrogens with one attached hydrogen (secondary N) is 2. The summed E-state index contributed by atoms with van der Waals surface area (Å²) in [6.45, 7) is 0. The number of fused-ring (bicyclic) bond motifs is 2. The Bertz CT molecular complexity index is 729. The monoisotopic (exact) mass is 248 g/mol. The predicted molar refractivity (Wildman–Crippen MR) is 76.0 cm³/mol. The number of para-hydroxylation sites is 2. The Morgan fingerprint density at radius 1 is 0.947 bits per heavy atom. The van der Waals surface area contributed by atoms with E-state index < -0.39 is 0 Å². The molecule has 1 aliphatic heterocycles. The second-order valence-corrected chi connectivity index (χ2v) is 4.61. The fraction of sp³-hybridized carbons (Fsp3) is 0.0667. The first kappa shape index (κ1) is 10.3. The molecule has 2 heterocycles. The zero-order chi connectivity index (χ0) is 12.7. The van der Waals surface area contributed by atoms with E-state index in [0.717, 1.165) is 22.3 Å². The van der Waals surface area contributed by atoms with Gasteiger partial charge in [-0.05, 0) is 29.8 Å². The molecular weight excluding hydrogens is 236 g/mol. The fourth-order valence-electron chi connectivity index (χ4n) is 2.43. The molecule has 0 saturated carbocycles. The SMILES string of the molecule is c1ccc2c(c1)NC(c1ccc3ncncc3c1)N2. The van der Waals surface area contributed by atoms with Crippen LogP contribution in [-0.2, 0) is 0 Å². The first-order chi connectivity index (χ1) is 9.40. The van der Waals surface area contributed by atoms with Gasteiger partial charge in [0.2, 0.25) is 0 Å². The van der Waals surface area contributed by atoms with Gasteiger partial charge in [0.05, 0.1) is 16.9 Å². The summed E-state index contributed by atoms with van der Waals surface area (Å²) in [4.78, 5) is 8.30. The van der Waals surface area contributed by atoms with Crippen LogP contribution in [0.5, 0.6) is 0 Å². The summed E-state index contributed by atoms with van der Waals surface area (Å²) in [7, 11) is 0. The van der Waals surface area contributed by atoms with Crippen LogP contribution in [0, 0.1) is 0 Å². The number of hydrogen-bond donors (Lipinski definition) is 2. The number of benzene rings is 2. The Balaban J connectivity index is 1.73. The highest BCUT2D eigenvalue weighted by Crippen LogP contribution is 2.35. The molecule has 0 atom stereocenters. The molecule has 2 aromatic carbocycles. The van der Waals surface area contributed by atoms with Crippen molar-refractivity contribution >= 4 is 22.3 Å². The van der Waals surface area contributed by atoms with E-state index >= 15 is 0 Å². The van der Waals surface area contributed by atoms with E-state index in [1.54, 1.807) is 6.33 Å². The molecule has 0 fully saturated rings. The smallest absolute Gasteiger partial charge is 0.123 e. The molecule has 92 valence electrons. The Kier molecular flexibility index (Phi) is 2.14. The summed E-state index contributed by atoms with van der Waals surface area (Å²) >= 11 is 0. The topological polar surface area (TPSA) is 49.8 Å². The zero-order valence-corrected chi connectivity index (χ0v) is 10.2.